The van der Waals surface area contributed by atoms with Crippen molar-refractivity contribution in [3.63, 3.8) is 0 Å². The van der Waals surface area contributed by atoms with Gasteiger partial charge >= 0.3 is 0 Å². The molecule has 4 rings (SSSR count). The molecule has 1 heterocycles. The third-order valence-electron chi connectivity index (χ3n) is 5.20. The minimum atomic E-state index is -4.27. The van der Waals surface area contributed by atoms with Gasteiger partial charge in [-0.05, 0) is 43.2 Å². The number of aryl methyl sites for hydroxylation is 1. The van der Waals surface area contributed by atoms with Crippen LogP contribution in [0.4, 0.5) is 0 Å². The molecule has 29 heavy (non-hydrogen) atoms. The van der Waals surface area contributed by atoms with Gasteiger partial charge in [-0.2, -0.15) is 0 Å². The molecule has 1 atom stereocenters. The third kappa shape index (κ3) is 4.81. The lowest BCUT2D eigenvalue weighted by Crippen LogP contribution is -2.38. The summed E-state index contributed by atoms with van der Waals surface area (Å²) in [5.74, 6) is 0. The summed E-state index contributed by atoms with van der Waals surface area (Å²) in [7, 11) is -2.12. The van der Waals surface area contributed by atoms with Gasteiger partial charge in [-0.3, -0.25) is 0 Å². The van der Waals surface area contributed by atoms with E-state index in [1.165, 1.54) is 28.8 Å². The number of hydrogen-bond donors (Lipinski definition) is 0. The molecule has 3 aromatic rings. The Labute approximate surface area is 172 Å². The van der Waals surface area contributed by atoms with E-state index in [-0.39, 0.29) is 10.3 Å². The second kappa shape index (κ2) is 8.31. The highest BCUT2D eigenvalue weighted by atomic mass is 32.2. The van der Waals surface area contributed by atoms with Crippen LogP contribution in [0.5, 0.6) is 0 Å². The minimum absolute atomic E-state index is 0.0708. The fourth-order valence-corrected chi connectivity index (χ4v) is 4.21. The Balaban J connectivity index is 0.000000188. The van der Waals surface area contributed by atoms with Crippen LogP contribution in [0.3, 0.4) is 0 Å². The van der Waals surface area contributed by atoms with E-state index in [0.717, 1.165) is 12.1 Å². The Morgan fingerprint density at radius 2 is 1.48 bits per heavy atom. The van der Waals surface area contributed by atoms with E-state index in [9.17, 15) is 13.0 Å². The average Bonchev–Trinajstić information content (AvgIpc) is 2.69. The maximum Gasteiger partial charge on any atom is 0.170 e. The van der Waals surface area contributed by atoms with Gasteiger partial charge in [0, 0.05) is 5.56 Å². The Morgan fingerprint density at radius 1 is 0.897 bits per heavy atom. The van der Waals surface area contributed by atoms with Crippen LogP contribution in [0.15, 0.2) is 83.8 Å². The van der Waals surface area contributed by atoms with Crippen molar-refractivity contribution in [3.8, 4) is 0 Å². The normalized spacial score (nSPS) is 18.1. The first-order valence-electron chi connectivity index (χ1n) is 9.43. The molecule has 1 aliphatic heterocycles. The molecule has 0 radical (unpaired) electrons. The lowest BCUT2D eigenvalue weighted by Gasteiger charge is -2.32. The van der Waals surface area contributed by atoms with Crippen molar-refractivity contribution in [1.82, 2.24) is 0 Å². The number of hydrogen-bond acceptors (Lipinski definition) is 3. The second-order valence-corrected chi connectivity index (χ2v) is 8.98. The Bertz CT molecular complexity index is 1120. The molecule has 1 aliphatic rings. The zero-order valence-electron chi connectivity index (χ0n) is 16.9. The quantitative estimate of drug-likeness (QED) is 0.477. The van der Waals surface area contributed by atoms with Gasteiger partial charge in [-0.1, -0.05) is 66.2 Å². The van der Waals surface area contributed by atoms with Gasteiger partial charge < -0.3 is 4.55 Å². The summed E-state index contributed by atoms with van der Waals surface area (Å²) in [6.07, 6.45) is 2.24. The van der Waals surface area contributed by atoms with E-state index in [4.69, 9.17) is 0 Å². The lowest BCUT2D eigenvalue weighted by molar-refractivity contribution is -0.502. The summed E-state index contributed by atoms with van der Waals surface area (Å²) in [4.78, 5) is -0.178. The summed E-state index contributed by atoms with van der Waals surface area (Å²) < 4.78 is 33.5. The zero-order chi connectivity index (χ0) is 21.1. The van der Waals surface area contributed by atoms with Crippen molar-refractivity contribution in [3.05, 3.63) is 101 Å². The van der Waals surface area contributed by atoms with Crippen LogP contribution in [-0.4, -0.2) is 37.4 Å². The third-order valence-corrected chi connectivity index (χ3v) is 6.05. The highest BCUT2D eigenvalue weighted by Gasteiger charge is 2.37. The van der Waals surface area contributed by atoms with Gasteiger partial charge in [0.1, 0.15) is 17.2 Å². The van der Waals surface area contributed by atoms with E-state index in [2.05, 4.69) is 79.4 Å². The first-order chi connectivity index (χ1) is 13.7. The van der Waals surface area contributed by atoms with Crippen molar-refractivity contribution >= 4 is 16.3 Å². The Kier molecular flexibility index (Phi) is 6.01. The van der Waals surface area contributed by atoms with Crippen LogP contribution in [0, 0.1) is 6.92 Å². The maximum absolute atomic E-state index is 10.4. The summed E-state index contributed by atoms with van der Waals surface area (Å²) in [6.45, 7) is 5.18. The molecular formula is C24H25NO3S. The molecule has 150 valence electrons. The maximum atomic E-state index is 10.4. The summed E-state index contributed by atoms with van der Waals surface area (Å²) in [5.41, 5.74) is 5.14. The Morgan fingerprint density at radius 3 is 2.10 bits per heavy atom. The standard InChI is InChI=1S/C17H18N.C7H8O3S/c1-17(15-9-4-3-5-10-15)13-18(2)12-14-8-6-7-11-16(14)17;1-6-2-4-7(5-3-6)11(8,9)10/h3-12H,13H2,1-2H3;2-5H,1H3,(H,8,9,10)/q+1;/p-1. The summed E-state index contributed by atoms with van der Waals surface area (Å²) in [5, 5.41) is 0. The molecule has 0 saturated heterocycles. The first-order valence-corrected chi connectivity index (χ1v) is 10.8. The smallest absolute Gasteiger partial charge is 0.170 e. The molecule has 0 amide bonds. The number of rotatable bonds is 2. The van der Waals surface area contributed by atoms with Crippen LogP contribution in [0.25, 0.3) is 0 Å². The molecule has 0 bridgehead atoms. The lowest BCUT2D eigenvalue weighted by atomic mass is 9.73. The van der Waals surface area contributed by atoms with Gasteiger partial charge in [0.05, 0.1) is 10.3 Å². The van der Waals surface area contributed by atoms with Gasteiger partial charge in [-0.15, -0.1) is 0 Å². The summed E-state index contributed by atoms with van der Waals surface area (Å²) >= 11 is 0. The van der Waals surface area contributed by atoms with Gasteiger partial charge in [0.25, 0.3) is 0 Å². The van der Waals surface area contributed by atoms with Gasteiger partial charge in [0.2, 0.25) is 0 Å². The number of nitrogens with zero attached hydrogens (tertiary/aromatic N) is 1. The summed E-state index contributed by atoms with van der Waals surface area (Å²) in [6, 6.07) is 25.3. The zero-order valence-corrected chi connectivity index (χ0v) is 17.7. The number of fused-ring (bicyclic) bond motifs is 1. The molecule has 0 aliphatic carbocycles. The van der Waals surface area contributed by atoms with E-state index >= 15 is 0 Å². The van der Waals surface area contributed by atoms with Crippen LogP contribution < -0.4 is 0 Å². The topological polar surface area (TPSA) is 60.2 Å². The molecule has 3 aromatic carbocycles. The molecule has 0 aromatic heterocycles. The molecule has 1 unspecified atom stereocenters. The van der Waals surface area contributed by atoms with E-state index in [1.54, 1.807) is 12.1 Å². The van der Waals surface area contributed by atoms with E-state index in [1.807, 2.05) is 6.92 Å². The molecular weight excluding hydrogens is 382 g/mol. The van der Waals surface area contributed by atoms with Crippen LogP contribution in [0.1, 0.15) is 29.2 Å². The molecule has 4 nitrogen and oxygen atoms in total. The molecule has 0 N–H and O–H groups in total. The van der Waals surface area contributed by atoms with Gasteiger partial charge in [-0.25, -0.2) is 13.0 Å². The van der Waals surface area contributed by atoms with Crippen molar-refractivity contribution in [2.45, 2.75) is 24.2 Å². The molecule has 0 spiro atoms. The Hall–Kier alpha value is -2.76. The predicted molar refractivity (Wildman–Crippen MR) is 115 cm³/mol. The van der Waals surface area contributed by atoms with Crippen LogP contribution >= 0.6 is 0 Å². The van der Waals surface area contributed by atoms with Crippen molar-refractivity contribution in [2.24, 2.45) is 0 Å². The minimum Gasteiger partial charge on any atom is -0.744 e. The molecule has 0 saturated carbocycles. The molecule has 0 fully saturated rings. The number of likely N-dealkylation sites (N-methyl/N-ethyl adjacent to an activating group) is 1. The van der Waals surface area contributed by atoms with Crippen molar-refractivity contribution in [2.75, 3.05) is 13.6 Å². The largest absolute Gasteiger partial charge is 0.744 e. The molecule has 5 heteroatoms. The van der Waals surface area contributed by atoms with Crippen LogP contribution in [-0.2, 0) is 15.5 Å². The first kappa shape index (κ1) is 21.0. The fraction of sp³-hybridized carbons (Fsp3) is 0.208. The van der Waals surface area contributed by atoms with Crippen LogP contribution in [0.2, 0.25) is 0 Å². The highest BCUT2D eigenvalue weighted by Crippen LogP contribution is 2.35. The fourth-order valence-electron chi connectivity index (χ4n) is 3.74. The van der Waals surface area contributed by atoms with Crippen molar-refractivity contribution in [1.29, 1.82) is 0 Å². The number of benzene rings is 3. The average molecular weight is 408 g/mol. The second-order valence-electron chi connectivity index (χ2n) is 7.60. The van der Waals surface area contributed by atoms with Gasteiger partial charge in [0.15, 0.2) is 12.8 Å². The predicted octanol–water partition coefficient (Wildman–Crippen LogP) is 3.97. The van der Waals surface area contributed by atoms with E-state index in [0.29, 0.717) is 0 Å². The SMILES string of the molecule is C[N+]1=Cc2ccccc2C(C)(c2ccccc2)C1.Cc1ccc(S(=O)(=O)[O-])cc1. The van der Waals surface area contributed by atoms with E-state index < -0.39 is 10.1 Å². The highest BCUT2D eigenvalue weighted by molar-refractivity contribution is 7.85. The van der Waals surface area contributed by atoms with Crippen molar-refractivity contribution < 1.29 is 17.5 Å². The monoisotopic (exact) mass is 407 g/mol.